The lowest BCUT2D eigenvalue weighted by molar-refractivity contribution is -0.346. The molecule has 2 saturated carbocycles. The Morgan fingerprint density at radius 2 is 1.43 bits per heavy atom. The molecule has 4 aliphatic rings. The van der Waals surface area contributed by atoms with Crippen LogP contribution in [0.5, 0.6) is 0 Å². The molecule has 420 valence electrons. The number of esters is 5. The molecule has 7 rings (SSSR count). The molecular weight excluding hydrogens is 1030 g/mol. The quantitative estimate of drug-likeness (QED) is 0.0328. The third kappa shape index (κ3) is 11.7. The van der Waals surface area contributed by atoms with Gasteiger partial charge in [0.05, 0.1) is 41.6 Å². The van der Waals surface area contributed by atoms with E-state index >= 15 is 9.59 Å². The van der Waals surface area contributed by atoms with Crippen molar-refractivity contribution in [2.75, 3.05) is 13.2 Å². The van der Waals surface area contributed by atoms with Crippen LogP contribution < -0.4 is 10.6 Å². The summed E-state index contributed by atoms with van der Waals surface area (Å²) in [5.74, 6) is -12.7. The maximum Gasteiger partial charge on any atom is 0.350 e. The van der Waals surface area contributed by atoms with Gasteiger partial charge < -0.3 is 59.5 Å². The van der Waals surface area contributed by atoms with Gasteiger partial charge in [0.1, 0.15) is 30.0 Å². The standard InChI is InChI=1S/C57H62N2O20/c1-30-37(76-53(72)46(44(33-17-10-7-11-18-33)59-50(68)34-19-12-8-13-20-34)77-42(66)23-16-24-58-40(63)25-36(51(69)70)26-41(64)65)28-57(73)49(78-52(71)35-21-14-9-15-22-35)47-55(6,38(62)27-39-56(47,29-74-39)79-32(3)61)48(67)45(75-31(2)60)43(30)54(57,4)5/h7-15,17-22,25,37-39,44-47,49,62,73H,16,23-24,26-29H2,1-6H3,(H,58,63)(H,59,68)(H,64,65)(H,69,70)/b36-25-/t37-,38-,39+,44?,45+,46+,47-,49-,55+,56-,57+/m0/s1. The normalized spacial score (nSPS) is 27.5. The third-order valence-electron chi connectivity index (χ3n) is 15.5. The predicted molar refractivity (Wildman–Crippen MR) is 272 cm³/mol. The highest BCUT2D eigenvalue weighted by Gasteiger charge is 2.78. The van der Waals surface area contributed by atoms with Crippen molar-refractivity contribution >= 4 is 59.4 Å². The number of fused-ring (bicyclic) bond motifs is 5. The fraction of sp³-hybridized carbons (Fsp3) is 0.439. The van der Waals surface area contributed by atoms with Crippen molar-refractivity contribution in [1.29, 1.82) is 0 Å². The van der Waals surface area contributed by atoms with E-state index in [1.807, 2.05) is 0 Å². The van der Waals surface area contributed by atoms with E-state index in [2.05, 4.69) is 10.6 Å². The Kier molecular flexibility index (Phi) is 17.4. The Balaban J connectivity index is 1.34. The molecule has 22 nitrogen and oxygen atoms in total. The average molecular weight is 1100 g/mol. The van der Waals surface area contributed by atoms with Crippen LogP contribution in [0.15, 0.2) is 114 Å². The number of aliphatic carboxylic acids is 2. The largest absolute Gasteiger partial charge is 0.481 e. The molecule has 11 atom stereocenters. The highest BCUT2D eigenvalue weighted by atomic mass is 16.6. The maximum absolute atomic E-state index is 15.8. The SMILES string of the molecule is CC(=O)O[C@H]1C(=O)[C@@]2(C)[C@H]([C@H](OC(=O)c3ccccc3)[C@]3(O)C[C@H](OC(=O)[C@H](OC(=O)CCCNC(=O)/C=C(/CC(=O)O)C(=O)O)C(NC(=O)c4ccccc4)c4ccccc4)C(C)=C1C3(C)C)[C@]1(OC(C)=O)CO[C@@H]1C[C@@H]2O. The molecule has 1 heterocycles. The number of Topliss-reactive ketones (excluding diaryl/α,β-unsaturated/α-hetero) is 1. The zero-order chi connectivity index (χ0) is 57.8. The van der Waals surface area contributed by atoms with Gasteiger partial charge in [0, 0.05) is 56.7 Å². The number of carboxylic acid groups (broad SMARTS) is 2. The lowest BCUT2D eigenvalue weighted by Gasteiger charge is -2.67. The van der Waals surface area contributed by atoms with E-state index in [4.69, 9.17) is 33.5 Å². The Morgan fingerprint density at radius 3 is 1.99 bits per heavy atom. The fourth-order valence-corrected chi connectivity index (χ4v) is 11.5. The van der Waals surface area contributed by atoms with E-state index in [1.165, 1.54) is 64.1 Å². The summed E-state index contributed by atoms with van der Waals surface area (Å²) >= 11 is 0. The Bertz CT molecular complexity index is 2960. The van der Waals surface area contributed by atoms with Crippen molar-refractivity contribution in [3.05, 3.63) is 130 Å². The number of hydrogen-bond acceptors (Lipinski definition) is 18. The van der Waals surface area contributed by atoms with Gasteiger partial charge in [-0.1, -0.05) is 80.6 Å². The van der Waals surface area contributed by atoms with Crippen molar-refractivity contribution in [3.63, 3.8) is 0 Å². The number of hydrogen-bond donors (Lipinski definition) is 6. The molecule has 0 radical (unpaired) electrons. The molecule has 3 fully saturated rings. The second-order valence-electron chi connectivity index (χ2n) is 20.8. The van der Waals surface area contributed by atoms with E-state index in [0.29, 0.717) is 6.08 Å². The molecule has 1 unspecified atom stereocenters. The van der Waals surface area contributed by atoms with E-state index < -0.39 is 161 Å². The number of nitrogens with one attached hydrogen (secondary N) is 2. The smallest absolute Gasteiger partial charge is 0.350 e. The van der Waals surface area contributed by atoms with Crippen LogP contribution in [-0.4, -0.2) is 141 Å². The Labute approximate surface area is 453 Å². The van der Waals surface area contributed by atoms with Gasteiger partial charge in [-0.15, -0.1) is 0 Å². The number of rotatable bonds is 19. The van der Waals surface area contributed by atoms with Crippen LogP contribution in [0.2, 0.25) is 0 Å². The summed E-state index contributed by atoms with van der Waals surface area (Å²) < 4.78 is 36.7. The molecular formula is C57H62N2O20. The van der Waals surface area contributed by atoms with Crippen molar-refractivity contribution < 1.29 is 96.8 Å². The van der Waals surface area contributed by atoms with Gasteiger partial charge in [-0.05, 0) is 61.2 Å². The molecule has 6 N–H and O–H groups in total. The van der Waals surface area contributed by atoms with Gasteiger partial charge in [-0.25, -0.2) is 14.4 Å². The first-order valence-corrected chi connectivity index (χ1v) is 25.4. The third-order valence-corrected chi connectivity index (χ3v) is 15.5. The van der Waals surface area contributed by atoms with Crippen LogP contribution in [0.3, 0.4) is 0 Å². The number of amides is 2. The van der Waals surface area contributed by atoms with Gasteiger partial charge in [-0.3, -0.25) is 33.6 Å². The molecule has 2 bridgehead atoms. The van der Waals surface area contributed by atoms with Gasteiger partial charge in [-0.2, -0.15) is 0 Å². The lowest BCUT2D eigenvalue weighted by Crippen LogP contribution is -2.82. The predicted octanol–water partition coefficient (Wildman–Crippen LogP) is 3.67. The number of benzene rings is 3. The highest BCUT2D eigenvalue weighted by molar-refractivity contribution is 6.00. The van der Waals surface area contributed by atoms with E-state index in [9.17, 15) is 53.7 Å². The number of carbonyl (C=O) groups excluding carboxylic acids is 8. The van der Waals surface area contributed by atoms with Crippen LogP contribution >= 0.6 is 0 Å². The first-order chi connectivity index (χ1) is 37.3. The molecule has 79 heavy (non-hydrogen) atoms. The van der Waals surface area contributed by atoms with Crippen LogP contribution in [0.25, 0.3) is 0 Å². The van der Waals surface area contributed by atoms with Gasteiger partial charge in [0.15, 0.2) is 17.5 Å². The average Bonchev–Trinajstić information content (AvgIpc) is 2.37. The molecule has 1 saturated heterocycles. The Morgan fingerprint density at radius 1 is 0.823 bits per heavy atom. The number of aliphatic hydroxyl groups is 2. The number of ether oxygens (including phenoxy) is 6. The second-order valence-corrected chi connectivity index (χ2v) is 20.8. The molecule has 22 heteroatoms. The van der Waals surface area contributed by atoms with Crippen LogP contribution in [-0.2, 0) is 66.8 Å². The van der Waals surface area contributed by atoms with Crippen LogP contribution in [0.4, 0.5) is 0 Å². The first-order valence-electron chi connectivity index (χ1n) is 25.4. The van der Waals surface area contributed by atoms with E-state index in [-0.39, 0.29) is 47.2 Å². The summed E-state index contributed by atoms with van der Waals surface area (Å²) in [6.07, 6.45) is -12.4. The summed E-state index contributed by atoms with van der Waals surface area (Å²) in [5, 5.41) is 49.7. The zero-order valence-electron chi connectivity index (χ0n) is 44.1. The second kappa shape index (κ2) is 23.5. The highest BCUT2D eigenvalue weighted by Crippen LogP contribution is 2.64. The summed E-state index contributed by atoms with van der Waals surface area (Å²) in [6, 6.07) is 21.8. The molecule has 3 aromatic carbocycles. The lowest BCUT2D eigenvalue weighted by atomic mass is 9.44. The summed E-state index contributed by atoms with van der Waals surface area (Å²) in [4.78, 5) is 135. The van der Waals surface area contributed by atoms with Crippen LogP contribution in [0.1, 0.15) is 106 Å². The topological polar surface area (TPSA) is 331 Å². The van der Waals surface area contributed by atoms with Crippen molar-refractivity contribution in [2.45, 2.75) is 128 Å². The number of carboxylic acids is 2. The number of carbonyl (C=O) groups is 10. The zero-order valence-corrected chi connectivity index (χ0v) is 44.1. The minimum absolute atomic E-state index is 0.00161. The molecule has 1 aliphatic heterocycles. The van der Waals surface area contributed by atoms with Gasteiger partial charge >= 0.3 is 41.8 Å². The Hall–Kier alpha value is -8.08. The summed E-state index contributed by atoms with van der Waals surface area (Å²) in [7, 11) is 0. The van der Waals surface area contributed by atoms with E-state index in [1.54, 1.807) is 54.6 Å². The number of ketones is 1. The van der Waals surface area contributed by atoms with Crippen molar-refractivity contribution in [2.24, 2.45) is 16.7 Å². The molecule has 3 aromatic rings. The fourth-order valence-electron chi connectivity index (χ4n) is 11.5. The monoisotopic (exact) mass is 1090 g/mol. The summed E-state index contributed by atoms with van der Waals surface area (Å²) in [5.41, 5.74) is -8.77. The molecule has 3 aliphatic carbocycles. The first kappa shape index (κ1) is 58.6. The van der Waals surface area contributed by atoms with Crippen molar-refractivity contribution in [1.82, 2.24) is 10.6 Å². The number of aliphatic hydroxyl groups excluding tert-OH is 1. The minimum Gasteiger partial charge on any atom is -0.481 e. The van der Waals surface area contributed by atoms with Crippen LogP contribution in [0, 0.1) is 16.7 Å². The molecule has 2 amide bonds. The molecule has 0 aromatic heterocycles. The van der Waals surface area contributed by atoms with Gasteiger partial charge in [0.2, 0.25) is 12.0 Å². The maximum atomic E-state index is 15.8. The molecule has 0 spiro atoms. The van der Waals surface area contributed by atoms with E-state index in [0.717, 1.165) is 13.8 Å². The van der Waals surface area contributed by atoms with Crippen molar-refractivity contribution in [3.8, 4) is 0 Å². The minimum atomic E-state index is -2.54. The van der Waals surface area contributed by atoms with Gasteiger partial charge in [0.25, 0.3) is 5.91 Å². The summed E-state index contributed by atoms with van der Waals surface area (Å²) in [6.45, 7) is 7.29.